The number of fused-ring (bicyclic) bond motifs is 4. The van der Waals surface area contributed by atoms with Crippen LogP contribution in [0.3, 0.4) is 0 Å². The van der Waals surface area contributed by atoms with Gasteiger partial charge in [-0.2, -0.15) is 4.98 Å². The molecule has 1 aromatic heterocycles. The van der Waals surface area contributed by atoms with Gasteiger partial charge in [-0.25, -0.2) is 4.79 Å². The summed E-state index contributed by atoms with van der Waals surface area (Å²) in [5.41, 5.74) is 6.12. The van der Waals surface area contributed by atoms with Gasteiger partial charge in [0.15, 0.2) is 5.82 Å². The predicted molar refractivity (Wildman–Crippen MR) is 142 cm³/mol. The Kier molecular flexibility index (Phi) is 6.15. The number of nitrogens with zero attached hydrogens (tertiary/aromatic N) is 4. The maximum atomic E-state index is 13.8. The van der Waals surface area contributed by atoms with Crippen molar-refractivity contribution in [2.24, 2.45) is 0 Å². The number of aryl methyl sites for hydroxylation is 1. The lowest BCUT2D eigenvalue weighted by molar-refractivity contribution is -0.119. The summed E-state index contributed by atoms with van der Waals surface area (Å²) >= 11 is 0. The van der Waals surface area contributed by atoms with E-state index in [1.54, 1.807) is 4.90 Å². The van der Waals surface area contributed by atoms with Crippen LogP contribution in [0.2, 0.25) is 0 Å². The molecule has 1 N–H and O–H groups in total. The monoisotopic (exact) mass is 508 g/mol. The first-order valence-corrected chi connectivity index (χ1v) is 12.9. The summed E-state index contributed by atoms with van der Waals surface area (Å²) in [5.74, 6) is 0.514. The van der Waals surface area contributed by atoms with Crippen molar-refractivity contribution in [2.75, 3.05) is 18.0 Å². The second kappa shape index (κ2) is 9.78. The lowest BCUT2D eigenvalue weighted by atomic mass is 9.96. The largest absolute Gasteiger partial charge is 0.465 e. The van der Waals surface area contributed by atoms with E-state index >= 15 is 0 Å². The second-order valence-electron chi connectivity index (χ2n) is 9.80. The Labute approximate surface area is 220 Å². The van der Waals surface area contributed by atoms with E-state index in [1.165, 1.54) is 4.90 Å². The summed E-state index contributed by atoms with van der Waals surface area (Å²) in [4.78, 5) is 33.7. The number of para-hydroxylation sites is 1. The van der Waals surface area contributed by atoms with Gasteiger partial charge in [-0.05, 0) is 40.3 Å². The van der Waals surface area contributed by atoms with Gasteiger partial charge in [-0.15, -0.1) is 0 Å². The fourth-order valence-electron chi connectivity index (χ4n) is 5.75. The van der Waals surface area contributed by atoms with Gasteiger partial charge in [0.05, 0.1) is 0 Å². The lowest BCUT2D eigenvalue weighted by Gasteiger charge is -2.28. The Balaban J connectivity index is 1.29. The Morgan fingerprint density at radius 1 is 1.00 bits per heavy atom. The quantitative estimate of drug-likeness (QED) is 0.357. The number of carbonyl (C=O) groups excluding carboxylic acids is 1. The lowest BCUT2D eigenvalue weighted by Crippen LogP contribution is -2.44. The zero-order valence-corrected chi connectivity index (χ0v) is 21.1. The SMILES string of the molecule is CCCc1nc(C2Cc3ccccc3N2C(=O)CN(CC2c3ccccc3-c3ccccc32)C(=O)O)no1. The Hall–Kier alpha value is -4.46. The second-order valence-corrected chi connectivity index (χ2v) is 9.80. The van der Waals surface area contributed by atoms with Crippen LogP contribution < -0.4 is 4.90 Å². The molecule has 0 saturated carbocycles. The van der Waals surface area contributed by atoms with Gasteiger partial charge in [-0.1, -0.05) is 78.8 Å². The molecule has 6 rings (SSSR count). The smallest absolute Gasteiger partial charge is 0.407 e. The third kappa shape index (κ3) is 4.12. The molecule has 1 aliphatic heterocycles. The van der Waals surface area contributed by atoms with Crippen molar-refractivity contribution >= 4 is 17.7 Å². The number of hydrogen-bond acceptors (Lipinski definition) is 5. The van der Waals surface area contributed by atoms with Crippen molar-refractivity contribution in [2.45, 2.75) is 38.1 Å². The van der Waals surface area contributed by atoms with Gasteiger partial charge in [0.1, 0.15) is 12.6 Å². The topological polar surface area (TPSA) is 99.8 Å². The van der Waals surface area contributed by atoms with Crippen LogP contribution in [-0.4, -0.2) is 45.2 Å². The average molecular weight is 509 g/mol. The third-order valence-electron chi connectivity index (χ3n) is 7.45. The molecule has 192 valence electrons. The zero-order chi connectivity index (χ0) is 26.2. The summed E-state index contributed by atoms with van der Waals surface area (Å²) in [6.45, 7) is 1.94. The number of carboxylic acid groups (broad SMARTS) is 1. The number of hydrogen-bond donors (Lipinski definition) is 1. The summed E-state index contributed by atoms with van der Waals surface area (Å²) in [6.07, 6.45) is 0.950. The maximum Gasteiger partial charge on any atom is 0.407 e. The van der Waals surface area contributed by atoms with E-state index < -0.39 is 12.1 Å². The van der Waals surface area contributed by atoms with Crippen molar-refractivity contribution in [3.05, 3.63) is 101 Å². The standard InChI is InChI=1S/C30H28N4O4/c1-2-9-27-31-29(32-38-27)26-16-19-10-3-8-15-25(19)34(26)28(35)18-33(30(36)37)17-24-22-13-6-4-11-20(22)21-12-5-7-14-23(21)24/h3-8,10-15,24,26H,2,9,16-18H2,1H3,(H,36,37). The molecule has 1 aliphatic carbocycles. The first kappa shape index (κ1) is 23.9. The molecular formula is C30H28N4O4. The first-order valence-electron chi connectivity index (χ1n) is 12.9. The summed E-state index contributed by atoms with van der Waals surface area (Å²) in [6, 6.07) is 23.4. The highest BCUT2D eigenvalue weighted by Crippen LogP contribution is 2.45. The fourth-order valence-corrected chi connectivity index (χ4v) is 5.75. The van der Waals surface area contributed by atoms with Gasteiger partial charge < -0.3 is 9.63 Å². The molecule has 2 heterocycles. The van der Waals surface area contributed by atoms with Gasteiger partial charge >= 0.3 is 6.09 Å². The molecule has 0 bridgehead atoms. The first-order chi connectivity index (χ1) is 18.5. The minimum atomic E-state index is -1.13. The van der Waals surface area contributed by atoms with Crippen LogP contribution in [0, 0.1) is 0 Å². The zero-order valence-electron chi connectivity index (χ0n) is 21.1. The number of anilines is 1. The number of benzene rings is 3. The molecule has 3 aromatic carbocycles. The molecule has 2 amide bonds. The van der Waals surface area contributed by atoms with E-state index in [-0.39, 0.29) is 24.9 Å². The number of amides is 2. The maximum absolute atomic E-state index is 13.8. The van der Waals surface area contributed by atoms with Crippen LogP contribution in [-0.2, 0) is 17.6 Å². The molecule has 1 atom stereocenters. The molecule has 2 aliphatic rings. The molecule has 38 heavy (non-hydrogen) atoms. The molecule has 0 radical (unpaired) electrons. The summed E-state index contributed by atoms with van der Waals surface area (Å²) in [7, 11) is 0. The highest BCUT2D eigenvalue weighted by molar-refractivity contribution is 5.98. The predicted octanol–water partition coefficient (Wildman–Crippen LogP) is 5.45. The molecule has 0 saturated heterocycles. The number of rotatable bonds is 7. The van der Waals surface area contributed by atoms with E-state index in [0.717, 1.165) is 39.9 Å². The van der Waals surface area contributed by atoms with E-state index in [1.807, 2.05) is 67.6 Å². The van der Waals surface area contributed by atoms with Crippen LogP contribution in [0.5, 0.6) is 0 Å². The van der Waals surface area contributed by atoms with Crippen molar-refractivity contribution in [1.82, 2.24) is 15.0 Å². The Morgan fingerprint density at radius 3 is 2.34 bits per heavy atom. The molecular weight excluding hydrogens is 480 g/mol. The average Bonchev–Trinajstić information content (AvgIpc) is 3.63. The number of carbonyl (C=O) groups is 2. The normalized spacial score (nSPS) is 15.7. The fraction of sp³-hybridized carbons (Fsp3) is 0.267. The molecule has 0 spiro atoms. The van der Waals surface area contributed by atoms with Crippen molar-refractivity contribution in [3.8, 4) is 11.1 Å². The highest BCUT2D eigenvalue weighted by atomic mass is 16.5. The summed E-state index contributed by atoms with van der Waals surface area (Å²) < 4.78 is 5.42. The van der Waals surface area contributed by atoms with Crippen LogP contribution in [0.15, 0.2) is 77.3 Å². The van der Waals surface area contributed by atoms with E-state index in [9.17, 15) is 14.7 Å². The van der Waals surface area contributed by atoms with E-state index in [2.05, 4.69) is 22.3 Å². The van der Waals surface area contributed by atoms with E-state index in [4.69, 9.17) is 4.52 Å². The Morgan fingerprint density at radius 2 is 1.66 bits per heavy atom. The van der Waals surface area contributed by atoms with Gasteiger partial charge in [0.2, 0.25) is 11.8 Å². The van der Waals surface area contributed by atoms with E-state index in [0.29, 0.717) is 24.6 Å². The van der Waals surface area contributed by atoms with Crippen LogP contribution in [0.1, 0.15) is 53.7 Å². The van der Waals surface area contributed by atoms with Crippen molar-refractivity contribution in [3.63, 3.8) is 0 Å². The van der Waals surface area contributed by atoms with Gasteiger partial charge in [0, 0.05) is 31.0 Å². The van der Waals surface area contributed by atoms with Crippen molar-refractivity contribution in [1.29, 1.82) is 0 Å². The molecule has 8 heteroatoms. The van der Waals surface area contributed by atoms with Crippen molar-refractivity contribution < 1.29 is 19.2 Å². The molecule has 0 fully saturated rings. The molecule has 8 nitrogen and oxygen atoms in total. The Bertz CT molecular complexity index is 1470. The van der Waals surface area contributed by atoms with Crippen LogP contribution in [0.25, 0.3) is 11.1 Å². The van der Waals surface area contributed by atoms with Crippen LogP contribution in [0.4, 0.5) is 10.5 Å². The minimum Gasteiger partial charge on any atom is -0.465 e. The van der Waals surface area contributed by atoms with Gasteiger partial charge in [0.25, 0.3) is 0 Å². The number of aromatic nitrogens is 2. The summed E-state index contributed by atoms with van der Waals surface area (Å²) in [5, 5.41) is 14.3. The van der Waals surface area contributed by atoms with Gasteiger partial charge in [-0.3, -0.25) is 14.6 Å². The third-order valence-corrected chi connectivity index (χ3v) is 7.45. The minimum absolute atomic E-state index is 0.151. The highest BCUT2D eigenvalue weighted by Gasteiger charge is 2.39. The van der Waals surface area contributed by atoms with Crippen LogP contribution >= 0.6 is 0 Å². The molecule has 1 unspecified atom stereocenters. The molecule has 4 aromatic rings.